The number of hydrogen-bond donors (Lipinski definition) is 2. The van der Waals surface area contributed by atoms with E-state index in [9.17, 15) is 9.59 Å². The van der Waals surface area contributed by atoms with Gasteiger partial charge < -0.3 is 14.5 Å². The van der Waals surface area contributed by atoms with Crippen LogP contribution in [-0.2, 0) is 7.05 Å². The third-order valence-corrected chi connectivity index (χ3v) is 4.12. The van der Waals surface area contributed by atoms with Crippen LogP contribution in [-0.4, -0.2) is 25.4 Å². The summed E-state index contributed by atoms with van der Waals surface area (Å²) in [5.74, 6) is 0. The van der Waals surface area contributed by atoms with Crippen molar-refractivity contribution in [1.82, 2.24) is 19.2 Å². The Kier molecular flexibility index (Phi) is 3.17. The van der Waals surface area contributed by atoms with Gasteiger partial charge in [-0.25, -0.2) is 4.79 Å². The van der Waals surface area contributed by atoms with E-state index < -0.39 is 11.2 Å². The van der Waals surface area contributed by atoms with Gasteiger partial charge in [-0.05, 0) is 30.3 Å². The molecule has 0 radical (unpaired) electrons. The van der Waals surface area contributed by atoms with E-state index in [1.807, 2.05) is 29.9 Å². The van der Waals surface area contributed by atoms with Crippen molar-refractivity contribution in [3.8, 4) is 0 Å². The second kappa shape index (κ2) is 5.24. The lowest BCUT2D eigenvalue weighted by atomic mass is 10.2. The lowest BCUT2D eigenvalue weighted by Gasteiger charge is -1.99. The maximum Gasteiger partial charge on any atom is 0.350 e. The lowest BCUT2D eigenvalue weighted by Crippen LogP contribution is -2.32. The van der Waals surface area contributed by atoms with Gasteiger partial charge in [0.05, 0.1) is 17.4 Å². The van der Waals surface area contributed by atoms with Gasteiger partial charge in [0.1, 0.15) is 5.52 Å². The van der Waals surface area contributed by atoms with Crippen molar-refractivity contribution >= 4 is 39.8 Å². The van der Waals surface area contributed by atoms with Gasteiger partial charge in [0, 0.05) is 29.2 Å². The fourth-order valence-electron chi connectivity index (χ4n) is 2.64. The van der Waals surface area contributed by atoms with Crippen LogP contribution in [0.5, 0.6) is 0 Å². The molecule has 0 unspecified atom stereocenters. The SMILES string of the molecule is Cn1cccc1/C=N/n1c(=O)[nH]c2c([nH]c3ccc(Cl)cc32)c1=O. The molecule has 4 aromatic rings. The minimum absolute atomic E-state index is 0.274. The molecule has 7 nitrogen and oxygen atoms in total. The first-order chi connectivity index (χ1) is 11.5. The van der Waals surface area contributed by atoms with Crippen LogP contribution in [0.4, 0.5) is 0 Å². The van der Waals surface area contributed by atoms with E-state index in [2.05, 4.69) is 15.1 Å². The molecule has 8 heteroatoms. The average Bonchev–Trinajstić information content (AvgIpc) is 3.11. The summed E-state index contributed by atoms with van der Waals surface area (Å²) in [6.07, 6.45) is 3.31. The van der Waals surface area contributed by atoms with Gasteiger partial charge in [0.15, 0.2) is 0 Å². The molecule has 0 spiro atoms. The van der Waals surface area contributed by atoms with Gasteiger partial charge in [-0.2, -0.15) is 5.10 Å². The standard InChI is InChI=1S/C16H12ClN5O2/c1-21-6-2-3-10(21)8-18-22-15(23)14-13(20-16(22)24)11-7-9(17)4-5-12(11)19-14/h2-8,19H,1H3,(H,20,24)/b18-8+. The van der Waals surface area contributed by atoms with Crippen molar-refractivity contribution in [3.05, 3.63) is 68.1 Å². The zero-order valence-electron chi connectivity index (χ0n) is 12.6. The molecular formula is C16H12ClN5O2. The number of aryl methyl sites for hydroxylation is 1. The zero-order valence-corrected chi connectivity index (χ0v) is 13.3. The second-order valence-electron chi connectivity index (χ2n) is 5.40. The number of aromatic amines is 2. The number of H-pyrrole nitrogens is 2. The summed E-state index contributed by atoms with van der Waals surface area (Å²) in [5, 5.41) is 5.22. The summed E-state index contributed by atoms with van der Waals surface area (Å²) in [6.45, 7) is 0. The van der Waals surface area contributed by atoms with E-state index >= 15 is 0 Å². The summed E-state index contributed by atoms with van der Waals surface area (Å²) >= 11 is 5.99. The Bertz CT molecular complexity index is 1220. The zero-order chi connectivity index (χ0) is 16.8. The van der Waals surface area contributed by atoms with Gasteiger partial charge in [-0.1, -0.05) is 11.6 Å². The van der Waals surface area contributed by atoms with Crippen molar-refractivity contribution in [2.75, 3.05) is 0 Å². The van der Waals surface area contributed by atoms with Crippen LogP contribution in [0.25, 0.3) is 21.9 Å². The normalized spacial score (nSPS) is 11.9. The highest BCUT2D eigenvalue weighted by Crippen LogP contribution is 2.23. The number of nitrogens with one attached hydrogen (secondary N) is 2. The van der Waals surface area contributed by atoms with Gasteiger partial charge in [0.25, 0.3) is 0 Å². The minimum atomic E-state index is -0.612. The second-order valence-corrected chi connectivity index (χ2v) is 5.84. The molecule has 3 heterocycles. The van der Waals surface area contributed by atoms with E-state index in [1.54, 1.807) is 18.2 Å². The Morgan fingerprint density at radius 1 is 1.17 bits per heavy atom. The summed E-state index contributed by atoms with van der Waals surface area (Å²) in [4.78, 5) is 30.6. The van der Waals surface area contributed by atoms with Crippen LogP contribution in [0.3, 0.4) is 0 Å². The summed E-state index contributed by atoms with van der Waals surface area (Å²) in [6, 6.07) is 8.84. The molecule has 0 aliphatic heterocycles. The molecular weight excluding hydrogens is 330 g/mol. The molecule has 0 bridgehead atoms. The van der Waals surface area contributed by atoms with Gasteiger partial charge >= 0.3 is 11.2 Å². The van der Waals surface area contributed by atoms with Crippen LogP contribution in [0.2, 0.25) is 5.02 Å². The molecule has 0 amide bonds. The molecule has 2 N–H and O–H groups in total. The Hall–Kier alpha value is -3.06. The summed E-state index contributed by atoms with van der Waals surface area (Å²) in [5.41, 5.74) is 1.05. The number of nitrogens with zero attached hydrogens (tertiary/aromatic N) is 3. The van der Waals surface area contributed by atoms with Crippen molar-refractivity contribution in [2.45, 2.75) is 0 Å². The van der Waals surface area contributed by atoms with Crippen molar-refractivity contribution in [3.63, 3.8) is 0 Å². The largest absolute Gasteiger partial charge is 0.350 e. The van der Waals surface area contributed by atoms with Gasteiger partial charge in [-0.3, -0.25) is 4.79 Å². The molecule has 24 heavy (non-hydrogen) atoms. The van der Waals surface area contributed by atoms with Gasteiger partial charge in [-0.15, -0.1) is 4.68 Å². The minimum Gasteiger partial charge on any atom is -0.350 e. The monoisotopic (exact) mass is 341 g/mol. The highest BCUT2D eigenvalue weighted by Gasteiger charge is 2.12. The molecule has 3 aromatic heterocycles. The number of hydrogen-bond acceptors (Lipinski definition) is 3. The lowest BCUT2D eigenvalue weighted by molar-refractivity contribution is 0.768. The molecule has 0 saturated heterocycles. The smallest absolute Gasteiger partial charge is 0.350 e. The molecule has 120 valence electrons. The predicted molar refractivity (Wildman–Crippen MR) is 94.1 cm³/mol. The number of aromatic nitrogens is 4. The van der Waals surface area contributed by atoms with E-state index in [0.717, 1.165) is 10.4 Å². The quantitative estimate of drug-likeness (QED) is 0.546. The van der Waals surface area contributed by atoms with Crippen molar-refractivity contribution < 1.29 is 0 Å². The first kappa shape index (κ1) is 14.5. The number of benzene rings is 1. The van der Waals surface area contributed by atoms with Crippen molar-refractivity contribution in [2.24, 2.45) is 12.1 Å². The molecule has 0 atom stereocenters. The topological polar surface area (TPSA) is 87.9 Å². The average molecular weight is 342 g/mol. The van der Waals surface area contributed by atoms with Crippen LogP contribution in [0.15, 0.2) is 51.2 Å². The predicted octanol–water partition coefficient (Wildman–Crippen LogP) is 2.05. The number of rotatable bonds is 2. The molecule has 0 aliphatic carbocycles. The highest BCUT2D eigenvalue weighted by molar-refractivity contribution is 6.31. The van der Waals surface area contributed by atoms with E-state index in [-0.39, 0.29) is 5.52 Å². The van der Waals surface area contributed by atoms with Crippen molar-refractivity contribution in [1.29, 1.82) is 0 Å². The highest BCUT2D eigenvalue weighted by atomic mass is 35.5. The molecule has 0 saturated carbocycles. The fraction of sp³-hybridized carbons (Fsp3) is 0.0625. The Morgan fingerprint density at radius 2 is 2.00 bits per heavy atom. The maximum atomic E-state index is 12.6. The van der Waals surface area contributed by atoms with E-state index in [4.69, 9.17) is 11.6 Å². The first-order valence-electron chi connectivity index (χ1n) is 7.16. The van der Waals surface area contributed by atoms with Crippen LogP contribution in [0.1, 0.15) is 5.69 Å². The maximum absolute atomic E-state index is 12.6. The number of halogens is 1. The van der Waals surface area contributed by atoms with Gasteiger partial charge in [0.2, 0.25) is 0 Å². The van der Waals surface area contributed by atoms with Crippen LogP contribution < -0.4 is 11.2 Å². The molecule has 0 aliphatic rings. The fourth-order valence-corrected chi connectivity index (χ4v) is 2.81. The third-order valence-electron chi connectivity index (χ3n) is 3.88. The molecule has 0 fully saturated rings. The van der Waals surface area contributed by atoms with Crippen LogP contribution >= 0.6 is 11.6 Å². The van der Waals surface area contributed by atoms with Crippen LogP contribution in [0, 0.1) is 0 Å². The van der Waals surface area contributed by atoms with E-state index in [0.29, 0.717) is 21.4 Å². The Morgan fingerprint density at radius 3 is 2.75 bits per heavy atom. The molecule has 1 aromatic carbocycles. The Labute approximate surface area is 139 Å². The summed E-state index contributed by atoms with van der Waals surface area (Å²) in [7, 11) is 1.85. The number of fused-ring (bicyclic) bond motifs is 3. The first-order valence-corrected chi connectivity index (χ1v) is 7.54. The summed E-state index contributed by atoms with van der Waals surface area (Å²) < 4.78 is 2.62. The van der Waals surface area contributed by atoms with E-state index in [1.165, 1.54) is 6.21 Å². The molecule has 4 rings (SSSR count). The third kappa shape index (κ3) is 2.17. The Balaban J connectivity index is 1.96.